The maximum Gasteiger partial charge on any atom is 0.407 e. The Morgan fingerprint density at radius 2 is 1.76 bits per heavy atom. The molecular weight excluding hydrogens is 428 g/mol. The molecule has 34 heavy (non-hydrogen) atoms. The van der Waals surface area contributed by atoms with Crippen LogP contribution in [0.4, 0.5) is 4.79 Å². The number of carbonyl (C=O) groups excluding carboxylic acids is 2. The molecule has 0 heterocycles. The van der Waals surface area contributed by atoms with E-state index in [0.29, 0.717) is 25.0 Å². The van der Waals surface area contributed by atoms with Crippen LogP contribution in [-0.2, 0) is 9.53 Å². The highest BCUT2D eigenvalue weighted by Crippen LogP contribution is 2.46. The predicted molar refractivity (Wildman–Crippen MR) is 135 cm³/mol. The topological polar surface area (TPSA) is 87.7 Å². The molecule has 3 rings (SSSR count). The lowest BCUT2D eigenvalue weighted by Crippen LogP contribution is -2.51. The van der Waals surface area contributed by atoms with Gasteiger partial charge in [0.25, 0.3) is 0 Å². The minimum Gasteiger partial charge on any atom is -0.449 e. The number of rotatable bonds is 12. The van der Waals surface area contributed by atoms with E-state index in [1.54, 1.807) is 0 Å². The highest BCUT2D eigenvalue weighted by molar-refractivity contribution is 6.05. The second kappa shape index (κ2) is 12.7. The number of aliphatic hydroxyl groups is 1. The van der Waals surface area contributed by atoms with Crippen molar-refractivity contribution in [1.82, 2.24) is 10.6 Å². The maximum atomic E-state index is 12.6. The molecule has 1 aromatic carbocycles. The number of ether oxygens (including phenoxy) is 1. The zero-order valence-electron chi connectivity index (χ0n) is 21.3. The van der Waals surface area contributed by atoms with Crippen LogP contribution < -0.4 is 10.6 Å². The van der Waals surface area contributed by atoms with Gasteiger partial charge in [-0.25, -0.2) is 4.79 Å². The summed E-state index contributed by atoms with van der Waals surface area (Å²) in [6.07, 6.45) is 5.70. The summed E-state index contributed by atoms with van der Waals surface area (Å²) in [6.45, 7) is 9.37. The fourth-order valence-electron chi connectivity index (χ4n) is 5.43. The van der Waals surface area contributed by atoms with Crippen LogP contribution in [0.3, 0.4) is 0 Å². The molecule has 0 aliphatic heterocycles. The van der Waals surface area contributed by atoms with E-state index in [0.717, 1.165) is 24.8 Å². The summed E-state index contributed by atoms with van der Waals surface area (Å²) < 4.78 is 5.55. The van der Waals surface area contributed by atoms with Crippen molar-refractivity contribution in [1.29, 1.82) is 0 Å². The smallest absolute Gasteiger partial charge is 0.407 e. The summed E-state index contributed by atoms with van der Waals surface area (Å²) in [6, 6.07) is 9.35. The van der Waals surface area contributed by atoms with Gasteiger partial charge in [0.05, 0.1) is 24.5 Å². The van der Waals surface area contributed by atoms with Gasteiger partial charge in [0.1, 0.15) is 5.78 Å². The maximum absolute atomic E-state index is 12.6. The van der Waals surface area contributed by atoms with E-state index in [4.69, 9.17) is 4.74 Å². The molecule has 1 aromatic rings. The largest absolute Gasteiger partial charge is 0.449 e. The molecule has 0 aromatic heterocycles. The Hall–Kier alpha value is -1.92. The summed E-state index contributed by atoms with van der Waals surface area (Å²) >= 11 is 0. The molecule has 5 unspecified atom stereocenters. The number of hydrogen-bond acceptors (Lipinski definition) is 5. The summed E-state index contributed by atoms with van der Waals surface area (Å²) in [4.78, 5) is 25.1. The Bertz CT molecular complexity index is 776. The van der Waals surface area contributed by atoms with Gasteiger partial charge < -0.3 is 20.5 Å². The number of alkyl carbamates (subject to hydrolysis) is 1. The van der Waals surface area contributed by atoms with Gasteiger partial charge in [0.2, 0.25) is 0 Å². The molecule has 3 N–H and O–H groups in total. The minimum absolute atomic E-state index is 0.105. The first-order valence-corrected chi connectivity index (χ1v) is 13.2. The first-order valence-electron chi connectivity index (χ1n) is 13.2. The Labute approximate surface area is 205 Å². The molecule has 2 aliphatic carbocycles. The number of Topliss-reactive ketones (excluding diaryl/α,β-unsaturated/α-hetero) is 1. The van der Waals surface area contributed by atoms with Gasteiger partial charge in [-0.1, -0.05) is 77.3 Å². The standard InChI is InChI=1S/C28H44N2O4/c1-18(2)15-22(30-28(33)34-17-20-11-7-5-8-12-20)16-29-25(19(3)4)27(32)24-23(26(24)31)21-13-9-6-10-14-21/h6,9-10,13-14,18-20,22-25,27,29,32H,5,7-8,11-12,15-17H2,1-4H3,(H,30,33). The van der Waals surface area contributed by atoms with Crippen LogP contribution >= 0.6 is 0 Å². The summed E-state index contributed by atoms with van der Waals surface area (Å²) in [5, 5.41) is 17.6. The first-order chi connectivity index (χ1) is 16.3. The second-order valence-electron chi connectivity index (χ2n) is 11.1. The highest BCUT2D eigenvalue weighted by atomic mass is 16.5. The first kappa shape index (κ1) is 26.7. The molecule has 0 radical (unpaired) electrons. The van der Waals surface area contributed by atoms with Crippen molar-refractivity contribution in [3.63, 3.8) is 0 Å². The molecule has 2 fully saturated rings. The van der Waals surface area contributed by atoms with Crippen LogP contribution in [-0.4, -0.2) is 48.3 Å². The fraction of sp³-hybridized carbons (Fsp3) is 0.714. The lowest BCUT2D eigenvalue weighted by Gasteiger charge is -2.30. The van der Waals surface area contributed by atoms with Crippen molar-refractivity contribution in [3.8, 4) is 0 Å². The van der Waals surface area contributed by atoms with Crippen LogP contribution in [0, 0.1) is 23.7 Å². The monoisotopic (exact) mass is 472 g/mol. The Balaban J connectivity index is 1.54. The third kappa shape index (κ3) is 7.54. The zero-order chi connectivity index (χ0) is 24.7. The van der Waals surface area contributed by atoms with Gasteiger partial charge in [-0.05, 0) is 42.6 Å². The van der Waals surface area contributed by atoms with Crippen molar-refractivity contribution < 1.29 is 19.4 Å². The zero-order valence-corrected chi connectivity index (χ0v) is 21.3. The Morgan fingerprint density at radius 1 is 1.09 bits per heavy atom. The van der Waals surface area contributed by atoms with Crippen molar-refractivity contribution in [2.45, 2.75) is 90.3 Å². The summed E-state index contributed by atoms with van der Waals surface area (Å²) in [5.41, 5.74) is 0.971. The molecule has 0 saturated heterocycles. The van der Waals surface area contributed by atoms with Crippen LogP contribution in [0.2, 0.25) is 0 Å². The predicted octanol–water partition coefficient (Wildman–Crippen LogP) is 4.67. The number of nitrogens with one attached hydrogen (secondary N) is 2. The molecular formula is C28H44N2O4. The quantitative estimate of drug-likeness (QED) is 0.412. The van der Waals surface area contributed by atoms with Gasteiger partial charge in [-0.15, -0.1) is 0 Å². The normalized spacial score (nSPS) is 23.6. The average molecular weight is 473 g/mol. The van der Waals surface area contributed by atoms with E-state index >= 15 is 0 Å². The average Bonchev–Trinajstić information content (AvgIpc) is 3.49. The lowest BCUT2D eigenvalue weighted by atomic mass is 9.90. The number of benzene rings is 1. The molecule has 1 amide bonds. The van der Waals surface area contributed by atoms with E-state index < -0.39 is 6.10 Å². The van der Waals surface area contributed by atoms with Gasteiger partial charge in [-0.3, -0.25) is 4.79 Å². The van der Waals surface area contributed by atoms with Crippen LogP contribution in [0.5, 0.6) is 0 Å². The molecule has 6 heteroatoms. The van der Waals surface area contributed by atoms with Gasteiger partial charge in [0, 0.05) is 18.6 Å². The van der Waals surface area contributed by atoms with Crippen molar-refractivity contribution in [2.24, 2.45) is 23.7 Å². The van der Waals surface area contributed by atoms with E-state index in [9.17, 15) is 14.7 Å². The van der Waals surface area contributed by atoms with Gasteiger partial charge in [-0.2, -0.15) is 0 Å². The summed E-state index contributed by atoms with van der Waals surface area (Å²) in [7, 11) is 0. The Morgan fingerprint density at radius 3 is 2.38 bits per heavy atom. The molecule has 0 spiro atoms. The molecule has 0 bridgehead atoms. The lowest BCUT2D eigenvalue weighted by molar-refractivity contribution is -0.112. The highest BCUT2D eigenvalue weighted by Gasteiger charge is 2.56. The fourth-order valence-corrected chi connectivity index (χ4v) is 5.43. The third-order valence-corrected chi connectivity index (χ3v) is 7.35. The van der Waals surface area contributed by atoms with E-state index in [2.05, 4.69) is 38.3 Å². The van der Waals surface area contributed by atoms with Gasteiger partial charge >= 0.3 is 6.09 Å². The number of carbonyl (C=O) groups is 2. The van der Waals surface area contributed by atoms with Crippen molar-refractivity contribution in [3.05, 3.63) is 35.9 Å². The van der Waals surface area contributed by atoms with Crippen molar-refractivity contribution >= 4 is 11.9 Å². The second-order valence-corrected chi connectivity index (χ2v) is 11.1. The SMILES string of the molecule is CC(C)CC(CNC(C(C)C)C(O)C1C(=O)C1c1ccccc1)NC(=O)OCC1CCCCC1. The van der Waals surface area contributed by atoms with Crippen LogP contribution in [0.1, 0.15) is 77.7 Å². The summed E-state index contributed by atoms with van der Waals surface area (Å²) in [5.74, 6) is 0.528. The van der Waals surface area contributed by atoms with E-state index in [1.165, 1.54) is 19.3 Å². The molecule has 5 atom stereocenters. The number of aliphatic hydroxyl groups excluding tert-OH is 1. The van der Waals surface area contributed by atoms with Gasteiger partial charge in [0.15, 0.2) is 0 Å². The van der Waals surface area contributed by atoms with Crippen LogP contribution in [0.15, 0.2) is 30.3 Å². The third-order valence-electron chi connectivity index (χ3n) is 7.35. The van der Waals surface area contributed by atoms with E-state index in [1.807, 2.05) is 30.3 Å². The Kier molecular flexibility index (Phi) is 9.96. The molecule has 2 saturated carbocycles. The molecule has 2 aliphatic rings. The van der Waals surface area contributed by atoms with Crippen LogP contribution in [0.25, 0.3) is 0 Å². The number of amides is 1. The van der Waals surface area contributed by atoms with E-state index in [-0.39, 0.29) is 41.7 Å². The number of hydrogen-bond donors (Lipinski definition) is 3. The molecule has 6 nitrogen and oxygen atoms in total. The minimum atomic E-state index is -0.768. The number of ketones is 1. The van der Waals surface area contributed by atoms with Crippen molar-refractivity contribution in [2.75, 3.05) is 13.2 Å². The molecule has 190 valence electrons.